The van der Waals surface area contributed by atoms with Gasteiger partial charge in [-0.15, -0.1) is 12.4 Å². The molecular formula is C17H25ClN2O3. The molecule has 0 spiro atoms. The van der Waals surface area contributed by atoms with Crippen LogP contribution in [0.15, 0.2) is 24.3 Å². The maximum absolute atomic E-state index is 12.9. The SMILES string of the molecule is COCC1(C(=O)NC2CCOc3ccccc32)CCNCC1.Cl. The molecule has 1 aromatic rings. The Labute approximate surface area is 143 Å². The molecule has 1 atom stereocenters. The molecule has 0 aliphatic carbocycles. The number of fused-ring (bicyclic) bond motifs is 1. The molecule has 3 rings (SSSR count). The number of carbonyl (C=O) groups is 1. The zero-order valence-electron chi connectivity index (χ0n) is 13.5. The number of carbonyl (C=O) groups excluding carboxylic acids is 1. The Bertz CT molecular complexity index is 527. The highest BCUT2D eigenvalue weighted by atomic mass is 35.5. The number of hydrogen-bond donors (Lipinski definition) is 2. The Hall–Kier alpha value is -1.30. The number of halogens is 1. The van der Waals surface area contributed by atoms with Crippen molar-refractivity contribution in [2.45, 2.75) is 25.3 Å². The molecular weight excluding hydrogens is 316 g/mol. The van der Waals surface area contributed by atoms with Gasteiger partial charge in [-0.05, 0) is 32.0 Å². The quantitative estimate of drug-likeness (QED) is 0.881. The normalized spacial score (nSPS) is 22.2. The molecule has 0 bridgehead atoms. The number of ether oxygens (including phenoxy) is 2. The summed E-state index contributed by atoms with van der Waals surface area (Å²) in [7, 11) is 1.67. The summed E-state index contributed by atoms with van der Waals surface area (Å²) in [5.74, 6) is 0.989. The molecule has 5 nitrogen and oxygen atoms in total. The average Bonchev–Trinajstić information content (AvgIpc) is 2.56. The number of nitrogens with one attached hydrogen (secondary N) is 2. The molecule has 1 amide bonds. The first-order valence-electron chi connectivity index (χ1n) is 7.97. The number of hydrogen-bond acceptors (Lipinski definition) is 4. The zero-order valence-corrected chi connectivity index (χ0v) is 14.3. The fourth-order valence-electron chi connectivity index (χ4n) is 3.42. The summed E-state index contributed by atoms with van der Waals surface area (Å²) in [4.78, 5) is 12.9. The van der Waals surface area contributed by atoms with Crippen LogP contribution in [0.25, 0.3) is 0 Å². The van der Waals surface area contributed by atoms with E-state index in [4.69, 9.17) is 9.47 Å². The lowest BCUT2D eigenvalue weighted by atomic mass is 9.78. The summed E-state index contributed by atoms with van der Waals surface area (Å²) < 4.78 is 11.0. The van der Waals surface area contributed by atoms with Gasteiger partial charge in [-0.1, -0.05) is 18.2 Å². The molecule has 0 aromatic heterocycles. The van der Waals surface area contributed by atoms with E-state index in [-0.39, 0.29) is 24.4 Å². The van der Waals surface area contributed by atoms with Gasteiger partial charge in [0.2, 0.25) is 5.91 Å². The van der Waals surface area contributed by atoms with Crippen LogP contribution in [0.1, 0.15) is 30.9 Å². The van der Waals surface area contributed by atoms with Gasteiger partial charge in [0, 0.05) is 19.1 Å². The first-order chi connectivity index (χ1) is 10.7. The first kappa shape index (κ1) is 18.0. The molecule has 128 valence electrons. The Morgan fingerprint density at radius 2 is 2.13 bits per heavy atom. The minimum Gasteiger partial charge on any atom is -0.493 e. The van der Waals surface area contributed by atoms with E-state index in [1.807, 2.05) is 24.3 Å². The molecule has 23 heavy (non-hydrogen) atoms. The van der Waals surface area contributed by atoms with Crippen molar-refractivity contribution in [3.63, 3.8) is 0 Å². The van der Waals surface area contributed by atoms with Crippen molar-refractivity contribution in [1.29, 1.82) is 0 Å². The van der Waals surface area contributed by atoms with Crippen molar-refractivity contribution in [3.05, 3.63) is 29.8 Å². The highest BCUT2D eigenvalue weighted by molar-refractivity contribution is 5.85. The van der Waals surface area contributed by atoms with Gasteiger partial charge >= 0.3 is 0 Å². The predicted octanol–water partition coefficient (Wildman–Crippen LogP) is 2.06. The number of para-hydroxylation sites is 1. The van der Waals surface area contributed by atoms with Crippen LogP contribution in [-0.2, 0) is 9.53 Å². The van der Waals surface area contributed by atoms with Gasteiger partial charge in [0.15, 0.2) is 0 Å². The molecule has 2 aliphatic rings. The largest absolute Gasteiger partial charge is 0.493 e. The van der Waals surface area contributed by atoms with E-state index in [0.717, 1.165) is 43.7 Å². The van der Waals surface area contributed by atoms with Crippen molar-refractivity contribution in [1.82, 2.24) is 10.6 Å². The van der Waals surface area contributed by atoms with E-state index >= 15 is 0 Å². The van der Waals surface area contributed by atoms with Crippen molar-refractivity contribution in [3.8, 4) is 5.75 Å². The van der Waals surface area contributed by atoms with Gasteiger partial charge in [0.05, 0.1) is 24.7 Å². The standard InChI is InChI=1S/C17H24N2O3.ClH/c1-21-12-17(7-9-18-10-8-17)16(20)19-14-6-11-22-15-5-3-2-4-13(14)15;/h2-5,14,18H,6-12H2,1H3,(H,19,20);1H. The third kappa shape index (κ3) is 3.79. The number of rotatable bonds is 4. The molecule has 1 saturated heterocycles. The average molecular weight is 341 g/mol. The van der Waals surface area contributed by atoms with E-state index in [1.165, 1.54) is 0 Å². The van der Waals surface area contributed by atoms with Crippen molar-refractivity contribution in [2.24, 2.45) is 5.41 Å². The molecule has 0 radical (unpaired) electrons. The minimum absolute atomic E-state index is 0. The van der Waals surface area contributed by atoms with Crippen molar-refractivity contribution < 1.29 is 14.3 Å². The molecule has 0 saturated carbocycles. The fourth-order valence-corrected chi connectivity index (χ4v) is 3.42. The second-order valence-electron chi connectivity index (χ2n) is 6.16. The van der Waals surface area contributed by atoms with Crippen LogP contribution in [-0.4, -0.2) is 39.3 Å². The van der Waals surface area contributed by atoms with Crippen LogP contribution in [0.2, 0.25) is 0 Å². The molecule has 6 heteroatoms. The van der Waals surface area contributed by atoms with Gasteiger partial charge in [-0.2, -0.15) is 0 Å². The van der Waals surface area contributed by atoms with E-state index in [0.29, 0.717) is 13.2 Å². The number of benzene rings is 1. The van der Waals surface area contributed by atoms with Crippen LogP contribution in [0.3, 0.4) is 0 Å². The van der Waals surface area contributed by atoms with Gasteiger partial charge in [-0.25, -0.2) is 0 Å². The van der Waals surface area contributed by atoms with Gasteiger partial charge < -0.3 is 20.1 Å². The van der Waals surface area contributed by atoms with E-state index in [9.17, 15) is 4.79 Å². The van der Waals surface area contributed by atoms with Crippen molar-refractivity contribution >= 4 is 18.3 Å². The topological polar surface area (TPSA) is 59.6 Å². The third-order valence-electron chi connectivity index (χ3n) is 4.73. The Morgan fingerprint density at radius 3 is 2.87 bits per heavy atom. The monoisotopic (exact) mass is 340 g/mol. The summed E-state index contributed by atoms with van der Waals surface area (Å²) in [5, 5.41) is 6.56. The third-order valence-corrected chi connectivity index (χ3v) is 4.73. The van der Waals surface area contributed by atoms with Crippen LogP contribution >= 0.6 is 12.4 Å². The van der Waals surface area contributed by atoms with Crippen molar-refractivity contribution in [2.75, 3.05) is 33.4 Å². The van der Waals surface area contributed by atoms with Gasteiger partial charge in [0.25, 0.3) is 0 Å². The molecule has 1 aromatic carbocycles. The van der Waals surface area contributed by atoms with E-state index < -0.39 is 5.41 Å². The Morgan fingerprint density at radius 1 is 1.39 bits per heavy atom. The Kier molecular flexibility index (Phi) is 6.27. The lowest BCUT2D eigenvalue weighted by molar-refractivity contribution is -0.137. The second-order valence-corrected chi connectivity index (χ2v) is 6.16. The first-order valence-corrected chi connectivity index (χ1v) is 7.97. The van der Waals surface area contributed by atoms with Crippen LogP contribution in [0.4, 0.5) is 0 Å². The van der Waals surface area contributed by atoms with Gasteiger partial charge in [0.1, 0.15) is 5.75 Å². The number of piperidine rings is 1. The highest BCUT2D eigenvalue weighted by Crippen LogP contribution is 2.34. The highest BCUT2D eigenvalue weighted by Gasteiger charge is 2.41. The van der Waals surface area contributed by atoms with E-state index in [2.05, 4.69) is 10.6 Å². The second kappa shape index (κ2) is 7.99. The summed E-state index contributed by atoms with van der Waals surface area (Å²) in [5.41, 5.74) is 0.663. The molecule has 2 aliphatic heterocycles. The molecule has 2 N–H and O–H groups in total. The van der Waals surface area contributed by atoms with Crippen LogP contribution < -0.4 is 15.4 Å². The smallest absolute Gasteiger partial charge is 0.229 e. The molecule has 2 heterocycles. The fraction of sp³-hybridized carbons (Fsp3) is 0.588. The summed E-state index contributed by atoms with van der Waals surface area (Å²) >= 11 is 0. The number of amides is 1. The van der Waals surface area contributed by atoms with E-state index in [1.54, 1.807) is 7.11 Å². The van der Waals surface area contributed by atoms with Crippen LogP contribution in [0.5, 0.6) is 5.75 Å². The molecule has 1 unspecified atom stereocenters. The summed E-state index contributed by atoms with van der Waals surface area (Å²) in [6.45, 7) is 2.84. The lowest BCUT2D eigenvalue weighted by Crippen LogP contribution is -2.51. The van der Waals surface area contributed by atoms with Crippen LogP contribution in [0, 0.1) is 5.41 Å². The van der Waals surface area contributed by atoms with Gasteiger partial charge in [-0.3, -0.25) is 4.79 Å². The Balaban J connectivity index is 0.00000192. The maximum atomic E-state index is 12.9. The predicted molar refractivity (Wildman–Crippen MR) is 91.1 cm³/mol. The number of methoxy groups -OCH3 is 1. The summed E-state index contributed by atoms with van der Waals surface area (Å²) in [6, 6.07) is 7.97. The minimum atomic E-state index is -0.409. The summed E-state index contributed by atoms with van der Waals surface area (Å²) in [6.07, 6.45) is 2.44. The molecule has 1 fully saturated rings. The zero-order chi connectivity index (χ0) is 15.4. The lowest BCUT2D eigenvalue weighted by Gasteiger charge is -2.37. The maximum Gasteiger partial charge on any atom is 0.229 e.